The normalized spacial score (nSPS) is 12.1. The second kappa shape index (κ2) is 3.94. The van der Waals surface area contributed by atoms with Crippen molar-refractivity contribution >= 4 is 28.9 Å². The summed E-state index contributed by atoms with van der Waals surface area (Å²) in [6.45, 7) is 1.31. The molecule has 6 nitrogen and oxygen atoms in total. The van der Waals surface area contributed by atoms with Gasteiger partial charge in [-0.05, 0) is 0 Å². The van der Waals surface area contributed by atoms with Gasteiger partial charge in [-0.2, -0.15) is 4.37 Å². The lowest BCUT2D eigenvalue weighted by Crippen LogP contribution is -2.27. The second-order valence-corrected chi connectivity index (χ2v) is 3.09. The maximum Gasteiger partial charge on any atom is 0.217 e. The monoisotopic (exact) mass is 200 g/mol. The molecule has 0 saturated carbocycles. The lowest BCUT2D eigenvalue weighted by atomic mass is 10.3. The Morgan fingerprint density at radius 2 is 2.46 bits per heavy atom. The molecule has 1 rings (SSSR count). The Balaban J connectivity index is 2.78. The molecule has 0 aliphatic heterocycles. The van der Waals surface area contributed by atoms with Crippen molar-refractivity contribution in [1.29, 1.82) is 0 Å². The summed E-state index contributed by atoms with van der Waals surface area (Å²) in [4.78, 5) is 24.9. The van der Waals surface area contributed by atoms with Crippen LogP contribution in [0.5, 0.6) is 0 Å². The quantitative estimate of drug-likeness (QED) is 0.641. The molecule has 0 bridgehead atoms. The van der Waals surface area contributed by atoms with Crippen LogP contribution in [0.1, 0.15) is 18.8 Å². The van der Waals surface area contributed by atoms with Crippen LogP contribution in [0.15, 0.2) is 0 Å². The van der Waals surface area contributed by atoms with Crippen LogP contribution in [0.2, 0.25) is 0 Å². The number of nitrogen functional groups attached to an aromatic ring is 1. The minimum Gasteiger partial charge on any atom is -0.374 e. The van der Waals surface area contributed by atoms with Gasteiger partial charge in [0.2, 0.25) is 5.91 Å². The SMILES string of the molecule is CC(=O)NC(C=O)c1nsc(N)n1. The van der Waals surface area contributed by atoms with Crippen molar-refractivity contribution in [2.24, 2.45) is 0 Å². The van der Waals surface area contributed by atoms with Crippen molar-refractivity contribution in [3.8, 4) is 0 Å². The van der Waals surface area contributed by atoms with Crippen LogP contribution in [-0.2, 0) is 9.59 Å². The first-order valence-electron chi connectivity index (χ1n) is 3.45. The minimum atomic E-state index is -0.800. The van der Waals surface area contributed by atoms with Gasteiger partial charge in [0, 0.05) is 18.5 Å². The van der Waals surface area contributed by atoms with Crippen LogP contribution in [0.3, 0.4) is 0 Å². The Bertz CT molecular complexity index is 324. The molecule has 1 atom stereocenters. The van der Waals surface area contributed by atoms with Crippen molar-refractivity contribution < 1.29 is 9.59 Å². The Kier molecular flexibility index (Phi) is 2.91. The van der Waals surface area contributed by atoms with E-state index in [0.29, 0.717) is 6.29 Å². The van der Waals surface area contributed by atoms with E-state index in [0.717, 1.165) is 11.5 Å². The van der Waals surface area contributed by atoms with E-state index < -0.39 is 6.04 Å². The molecule has 1 aromatic heterocycles. The number of amides is 1. The Labute approximate surface area is 78.3 Å². The van der Waals surface area contributed by atoms with Crippen LogP contribution in [0.4, 0.5) is 5.13 Å². The van der Waals surface area contributed by atoms with Crippen LogP contribution in [0.25, 0.3) is 0 Å². The number of aromatic nitrogens is 2. The highest BCUT2D eigenvalue weighted by atomic mass is 32.1. The van der Waals surface area contributed by atoms with E-state index in [1.54, 1.807) is 0 Å². The van der Waals surface area contributed by atoms with Crippen LogP contribution >= 0.6 is 11.5 Å². The van der Waals surface area contributed by atoms with Crippen LogP contribution < -0.4 is 11.1 Å². The fourth-order valence-corrected chi connectivity index (χ4v) is 1.23. The summed E-state index contributed by atoms with van der Waals surface area (Å²) in [6, 6.07) is -0.800. The number of nitrogens with two attached hydrogens (primary N) is 1. The average molecular weight is 200 g/mol. The lowest BCUT2D eigenvalue weighted by Gasteiger charge is -2.05. The molecule has 1 heterocycles. The van der Waals surface area contributed by atoms with Gasteiger partial charge in [-0.25, -0.2) is 4.98 Å². The summed E-state index contributed by atoms with van der Waals surface area (Å²) in [5, 5.41) is 2.65. The van der Waals surface area contributed by atoms with Crippen LogP contribution in [-0.4, -0.2) is 21.6 Å². The average Bonchev–Trinajstić information content (AvgIpc) is 2.47. The van der Waals surface area contributed by atoms with Gasteiger partial charge >= 0.3 is 0 Å². The number of nitrogens with one attached hydrogen (secondary N) is 1. The smallest absolute Gasteiger partial charge is 0.217 e. The topological polar surface area (TPSA) is 98.0 Å². The van der Waals surface area contributed by atoms with Gasteiger partial charge in [-0.1, -0.05) is 0 Å². The Morgan fingerprint density at radius 1 is 1.77 bits per heavy atom. The predicted octanol–water partition coefficient (Wildman–Crippen LogP) is -0.504. The van der Waals surface area contributed by atoms with Gasteiger partial charge in [0.25, 0.3) is 0 Å². The van der Waals surface area contributed by atoms with Crippen molar-refractivity contribution in [1.82, 2.24) is 14.7 Å². The number of nitrogens with zero attached hydrogens (tertiary/aromatic N) is 2. The van der Waals surface area contributed by atoms with E-state index in [2.05, 4.69) is 14.7 Å². The summed E-state index contributed by atoms with van der Waals surface area (Å²) in [7, 11) is 0. The minimum absolute atomic E-state index is 0.229. The number of aldehydes is 1. The van der Waals surface area contributed by atoms with Crippen molar-refractivity contribution in [3.63, 3.8) is 0 Å². The van der Waals surface area contributed by atoms with Gasteiger partial charge in [0.1, 0.15) is 12.3 Å². The van der Waals surface area contributed by atoms with E-state index in [1.165, 1.54) is 6.92 Å². The third-order valence-electron chi connectivity index (χ3n) is 1.23. The van der Waals surface area contributed by atoms with E-state index in [-0.39, 0.29) is 16.9 Å². The molecule has 0 aliphatic rings. The molecule has 1 aromatic rings. The molecular formula is C6H8N4O2S. The molecule has 1 amide bonds. The number of rotatable bonds is 3. The van der Waals surface area contributed by atoms with Gasteiger partial charge in [-0.15, -0.1) is 0 Å². The highest BCUT2D eigenvalue weighted by Gasteiger charge is 2.15. The molecule has 7 heteroatoms. The maximum absolute atomic E-state index is 10.6. The molecule has 13 heavy (non-hydrogen) atoms. The first-order chi connectivity index (χ1) is 6.13. The van der Waals surface area contributed by atoms with Crippen molar-refractivity contribution in [2.45, 2.75) is 13.0 Å². The van der Waals surface area contributed by atoms with Gasteiger partial charge in [0.15, 0.2) is 11.0 Å². The van der Waals surface area contributed by atoms with E-state index in [4.69, 9.17) is 5.73 Å². The summed E-state index contributed by atoms with van der Waals surface area (Å²) in [5.74, 6) is -0.0850. The highest BCUT2D eigenvalue weighted by Crippen LogP contribution is 2.11. The molecule has 3 N–H and O–H groups in total. The standard InChI is InChI=1S/C6H8N4O2S/c1-3(12)8-4(2-11)5-9-6(7)13-10-5/h2,4H,1H3,(H,8,12)(H2,7,9,10). The third kappa shape index (κ3) is 2.48. The fourth-order valence-electron chi connectivity index (χ4n) is 0.752. The summed E-state index contributed by atoms with van der Waals surface area (Å²) in [5.41, 5.74) is 5.32. The zero-order chi connectivity index (χ0) is 9.84. The fraction of sp³-hybridized carbons (Fsp3) is 0.333. The second-order valence-electron chi connectivity index (χ2n) is 2.31. The van der Waals surface area contributed by atoms with E-state index in [9.17, 15) is 9.59 Å². The molecule has 0 saturated heterocycles. The molecule has 0 aromatic carbocycles. The van der Waals surface area contributed by atoms with Crippen molar-refractivity contribution in [3.05, 3.63) is 5.82 Å². The Hall–Kier alpha value is -1.50. The molecular weight excluding hydrogens is 192 g/mol. The third-order valence-corrected chi connectivity index (χ3v) is 1.79. The first-order valence-corrected chi connectivity index (χ1v) is 4.22. The van der Waals surface area contributed by atoms with Crippen LogP contribution in [0, 0.1) is 0 Å². The molecule has 1 unspecified atom stereocenters. The number of hydrogen-bond acceptors (Lipinski definition) is 6. The molecule has 0 fully saturated rings. The molecule has 0 radical (unpaired) electrons. The first kappa shape index (κ1) is 9.59. The van der Waals surface area contributed by atoms with Gasteiger partial charge in [0.05, 0.1) is 0 Å². The number of carbonyl (C=O) groups is 2. The lowest BCUT2D eigenvalue weighted by molar-refractivity contribution is -0.122. The number of hydrogen-bond donors (Lipinski definition) is 2. The number of anilines is 1. The summed E-state index contributed by atoms with van der Waals surface area (Å²) in [6.07, 6.45) is 0.558. The largest absolute Gasteiger partial charge is 0.374 e. The maximum atomic E-state index is 10.6. The van der Waals surface area contributed by atoms with Gasteiger partial charge < -0.3 is 15.8 Å². The Morgan fingerprint density at radius 3 is 2.85 bits per heavy atom. The summed E-state index contributed by atoms with van der Waals surface area (Å²) < 4.78 is 3.80. The molecule has 0 spiro atoms. The molecule has 70 valence electrons. The van der Waals surface area contributed by atoms with Gasteiger partial charge in [-0.3, -0.25) is 4.79 Å². The molecule has 0 aliphatic carbocycles. The highest BCUT2D eigenvalue weighted by molar-refractivity contribution is 7.09. The van der Waals surface area contributed by atoms with Crippen molar-refractivity contribution in [2.75, 3.05) is 5.73 Å². The zero-order valence-corrected chi connectivity index (χ0v) is 7.67. The van der Waals surface area contributed by atoms with E-state index in [1.807, 2.05) is 0 Å². The summed E-state index contributed by atoms with van der Waals surface area (Å²) >= 11 is 0.982. The number of carbonyl (C=O) groups excluding carboxylic acids is 2. The zero-order valence-electron chi connectivity index (χ0n) is 6.85. The van der Waals surface area contributed by atoms with E-state index >= 15 is 0 Å². The predicted molar refractivity (Wildman–Crippen MR) is 46.9 cm³/mol.